The number of hydrogen-bond donors (Lipinski definition) is 9. The van der Waals surface area contributed by atoms with Crippen LogP contribution in [0.25, 0.3) is 21.5 Å². The lowest BCUT2D eigenvalue weighted by atomic mass is 10.1. The van der Waals surface area contributed by atoms with Gasteiger partial charge in [0.2, 0.25) is 11.9 Å². The van der Waals surface area contributed by atoms with Crippen LogP contribution in [0.15, 0.2) is 84.3 Å². The van der Waals surface area contributed by atoms with Gasteiger partial charge in [0.25, 0.3) is 20.2 Å². The third-order valence-corrected chi connectivity index (χ3v) is 8.96. The van der Waals surface area contributed by atoms with Gasteiger partial charge in [-0.2, -0.15) is 26.8 Å². The second kappa shape index (κ2) is 14.3. The number of nitrogens with one attached hydrogen (secondary N) is 3. The van der Waals surface area contributed by atoms with E-state index in [2.05, 4.69) is 45.2 Å². The number of nitrogens with zero attached hydrogens (tertiary/aromatic N) is 4. The van der Waals surface area contributed by atoms with E-state index in [1.807, 2.05) is 0 Å². The highest BCUT2D eigenvalue weighted by atomic mass is 32.2. The number of aromatic amines is 1. The van der Waals surface area contributed by atoms with Crippen molar-refractivity contribution in [1.29, 1.82) is 0 Å². The lowest BCUT2D eigenvalue weighted by Crippen LogP contribution is -2.26. The lowest BCUT2D eigenvalue weighted by molar-refractivity contribution is -0.432. The lowest BCUT2D eigenvalue weighted by Gasteiger charge is -2.15. The van der Waals surface area contributed by atoms with Crippen LogP contribution in [0.5, 0.6) is 5.75 Å². The molecular weight excluding hydrogens is 715 g/mol. The van der Waals surface area contributed by atoms with Crippen LogP contribution in [0.3, 0.4) is 0 Å². The Morgan fingerprint density at radius 1 is 0.980 bits per heavy atom. The highest BCUT2D eigenvalue weighted by molar-refractivity contribution is 7.94. The first-order chi connectivity index (χ1) is 23.2. The van der Waals surface area contributed by atoms with Gasteiger partial charge in [0.05, 0.1) is 40.2 Å². The fourth-order valence-electron chi connectivity index (χ4n) is 4.53. The van der Waals surface area contributed by atoms with Crippen LogP contribution in [0.2, 0.25) is 0 Å². The molecule has 1 heterocycles. The summed E-state index contributed by atoms with van der Waals surface area (Å²) in [4.78, 5) is 20.6. The van der Waals surface area contributed by atoms with Gasteiger partial charge in [-0.3, -0.25) is 14.1 Å². The number of aliphatic hydroxyl groups is 2. The minimum atomic E-state index is -4.90. The van der Waals surface area contributed by atoms with Crippen LogP contribution in [-0.2, 0) is 29.6 Å². The van der Waals surface area contributed by atoms with Crippen LogP contribution in [0.1, 0.15) is 0 Å². The number of aliphatic hydroxyl groups excluding tert-OH is 2. The number of H-pyrrole nitrogens is 1. The van der Waals surface area contributed by atoms with Crippen molar-refractivity contribution in [1.82, 2.24) is 15.0 Å². The largest absolute Gasteiger partial charge is 0.505 e. The summed E-state index contributed by atoms with van der Waals surface area (Å²) in [6, 6.07) is 11.9. The van der Waals surface area contributed by atoms with Crippen molar-refractivity contribution in [2.75, 3.05) is 23.8 Å². The Hall–Kier alpha value is -4.82. The van der Waals surface area contributed by atoms with Crippen LogP contribution < -0.4 is 16.3 Å². The van der Waals surface area contributed by atoms with Crippen molar-refractivity contribution < 1.29 is 55.9 Å². The maximum atomic E-state index is 12.4. The number of hydrogen-bond acceptors (Lipinski definition) is 18. The fraction of sp³-hybridized carbons (Fsp3) is 0.115. The highest BCUT2D eigenvalue weighted by Crippen LogP contribution is 2.48. The van der Waals surface area contributed by atoms with E-state index < -0.39 is 59.9 Å². The summed E-state index contributed by atoms with van der Waals surface area (Å²) < 4.78 is 73.5. The summed E-state index contributed by atoms with van der Waals surface area (Å²) in [5, 5.41) is 55.9. The molecule has 5 aromatic rings. The van der Waals surface area contributed by atoms with Crippen LogP contribution >= 0.6 is 12.0 Å². The molecule has 49 heavy (non-hydrogen) atoms. The Bertz CT molecular complexity index is 2370. The molecule has 0 aliphatic heterocycles. The number of fused-ring (bicyclic) bond motifs is 2. The zero-order chi connectivity index (χ0) is 35.5. The quantitative estimate of drug-likeness (QED) is 0.0276. The number of phenolic OH excluding ortho intramolecular Hbond substituents is 1. The Morgan fingerprint density at radius 2 is 1.73 bits per heavy atom. The monoisotopic (exact) mass is 737 g/mol. The number of phenols is 1. The molecule has 0 aliphatic rings. The SMILES string of the molecule is O=c1nc(NCC(O)CO)nc(Nc2cc(S(=O)(=O)O)cc3cc(SOOO)c(N=Nc4ccc5ccccc5c4S(=O)(=O)O)c(O)c23)[nH]1. The number of anilines is 3. The molecule has 5 rings (SSSR count). The number of rotatable bonds is 13. The second-order valence-corrected chi connectivity index (χ2v) is 13.3. The number of benzene rings is 4. The molecule has 0 radical (unpaired) electrons. The molecular formula is C26H23N7O13S3. The van der Waals surface area contributed by atoms with Gasteiger partial charge >= 0.3 is 5.69 Å². The fourth-order valence-corrected chi connectivity index (χ4v) is 6.40. The summed E-state index contributed by atoms with van der Waals surface area (Å²) in [6.45, 7) is -0.866. The molecule has 0 saturated heterocycles. The van der Waals surface area contributed by atoms with E-state index in [9.17, 15) is 40.9 Å². The summed E-state index contributed by atoms with van der Waals surface area (Å²) >= 11 is 0.260. The van der Waals surface area contributed by atoms with Gasteiger partial charge in [-0.25, -0.2) is 10.1 Å². The summed E-state index contributed by atoms with van der Waals surface area (Å²) in [5.74, 6) is -1.45. The van der Waals surface area contributed by atoms with Gasteiger partial charge in [0.1, 0.15) is 16.3 Å². The molecule has 4 aromatic carbocycles. The zero-order valence-corrected chi connectivity index (χ0v) is 26.7. The molecule has 0 fully saturated rings. The van der Waals surface area contributed by atoms with Gasteiger partial charge in [-0.05, 0) is 35.0 Å². The molecule has 0 saturated carbocycles. The Morgan fingerprint density at radius 3 is 2.43 bits per heavy atom. The number of azo groups is 1. The van der Waals surface area contributed by atoms with Crippen molar-refractivity contribution in [3.63, 3.8) is 0 Å². The predicted octanol–water partition coefficient (Wildman–Crippen LogP) is 3.02. The molecule has 0 amide bonds. The molecule has 1 unspecified atom stereocenters. The van der Waals surface area contributed by atoms with Crippen molar-refractivity contribution in [2.24, 2.45) is 10.2 Å². The third kappa shape index (κ3) is 8.08. The highest BCUT2D eigenvalue weighted by Gasteiger charge is 2.24. The Kier molecular flexibility index (Phi) is 10.4. The van der Waals surface area contributed by atoms with Crippen molar-refractivity contribution >= 4 is 82.8 Å². The maximum absolute atomic E-state index is 12.4. The summed E-state index contributed by atoms with van der Waals surface area (Å²) in [7, 11) is -9.77. The molecule has 20 nitrogen and oxygen atoms in total. The summed E-state index contributed by atoms with van der Waals surface area (Å²) in [6.07, 6.45) is -1.23. The molecule has 0 bridgehead atoms. The number of aromatic hydroxyl groups is 1. The van der Waals surface area contributed by atoms with E-state index in [1.54, 1.807) is 12.1 Å². The van der Waals surface area contributed by atoms with Crippen molar-refractivity contribution in [3.8, 4) is 5.75 Å². The first-order valence-electron chi connectivity index (χ1n) is 13.3. The Balaban J connectivity index is 1.71. The van der Waals surface area contributed by atoms with Gasteiger partial charge in [0, 0.05) is 17.3 Å². The third-order valence-electron chi connectivity index (χ3n) is 6.56. The van der Waals surface area contributed by atoms with E-state index >= 15 is 0 Å². The van der Waals surface area contributed by atoms with E-state index in [-0.39, 0.29) is 62.9 Å². The molecule has 1 aromatic heterocycles. The van der Waals surface area contributed by atoms with E-state index in [1.165, 1.54) is 30.3 Å². The van der Waals surface area contributed by atoms with Crippen molar-refractivity contribution in [3.05, 3.63) is 65.1 Å². The number of aromatic nitrogens is 3. The van der Waals surface area contributed by atoms with Gasteiger partial charge in [-0.1, -0.05) is 35.4 Å². The molecule has 1 atom stereocenters. The Labute approximate surface area is 278 Å². The van der Waals surface area contributed by atoms with E-state index in [0.29, 0.717) is 5.39 Å². The van der Waals surface area contributed by atoms with Crippen LogP contribution in [0.4, 0.5) is 29.0 Å². The molecule has 9 N–H and O–H groups in total. The summed E-state index contributed by atoms with van der Waals surface area (Å²) in [5.41, 5.74) is -2.06. The average Bonchev–Trinajstić information content (AvgIpc) is 3.04. The minimum Gasteiger partial charge on any atom is -0.505 e. The topological polar surface area (TPSA) is 316 Å². The van der Waals surface area contributed by atoms with E-state index in [0.717, 1.165) is 12.1 Å². The zero-order valence-electron chi connectivity index (χ0n) is 24.2. The average molecular weight is 738 g/mol. The van der Waals surface area contributed by atoms with Gasteiger partial charge in [0.15, 0.2) is 5.75 Å². The first-order valence-corrected chi connectivity index (χ1v) is 17.0. The smallest absolute Gasteiger partial charge is 0.351 e. The molecule has 23 heteroatoms. The van der Waals surface area contributed by atoms with Gasteiger partial charge in [-0.15, -0.1) is 14.6 Å². The standard InChI is InChI=1S/C26H23N7O13S3/c34-11-14(35)10-27-24-29-25(31-26(37)30-24)28-18-9-15(48(39,40)41)7-13-8-19(47-46-45-38)21(22(36)20(13)18)33-32-17-6-5-12-3-1-2-4-16(12)23(17)49(42,43)44/h1-9,14,34-36,38H,10-11H2,(H,39,40,41)(H,42,43,44)(H3,27,28,29,30,31,37). The van der Waals surface area contributed by atoms with E-state index in [4.69, 9.17) is 10.4 Å². The van der Waals surface area contributed by atoms with Crippen LogP contribution in [0, 0.1) is 0 Å². The van der Waals surface area contributed by atoms with Gasteiger partial charge < -0.3 is 26.0 Å². The van der Waals surface area contributed by atoms with Crippen LogP contribution in [-0.4, -0.2) is 80.7 Å². The maximum Gasteiger partial charge on any atom is 0.351 e. The first kappa shape index (κ1) is 35.5. The minimum absolute atomic E-state index is 0.108. The molecule has 0 spiro atoms. The van der Waals surface area contributed by atoms with Crippen molar-refractivity contribution in [2.45, 2.75) is 20.8 Å². The molecule has 0 aliphatic carbocycles. The second-order valence-electron chi connectivity index (χ2n) is 9.82. The molecule has 258 valence electrons. The normalized spacial score (nSPS) is 12.9. The predicted molar refractivity (Wildman–Crippen MR) is 172 cm³/mol.